The van der Waals surface area contributed by atoms with E-state index in [1.165, 1.54) is 21.5 Å². The number of benzene rings is 4. The maximum absolute atomic E-state index is 12.8. The Bertz CT molecular complexity index is 3030. The second-order valence-corrected chi connectivity index (χ2v) is 14.2. The molecule has 0 aliphatic heterocycles. The Morgan fingerprint density at radius 2 is 1.06 bits per heavy atom. The van der Waals surface area contributed by atoms with Gasteiger partial charge in [0, 0.05) is 59.2 Å². The van der Waals surface area contributed by atoms with Crippen LogP contribution in [0.2, 0.25) is 0 Å². The van der Waals surface area contributed by atoms with Gasteiger partial charge >= 0.3 is 11.9 Å². The summed E-state index contributed by atoms with van der Waals surface area (Å²) in [4.78, 5) is 59.4. The van der Waals surface area contributed by atoms with Gasteiger partial charge in [-0.3, -0.25) is 19.6 Å². The Morgan fingerprint density at radius 3 is 1.54 bits per heavy atom. The maximum atomic E-state index is 12.8. The van der Waals surface area contributed by atoms with E-state index in [0.29, 0.717) is 24.5 Å². The van der Waals surface area contributed by atoms with Crippen LogP contribution >= 0.6 is 0 Å². The number of carbonyl (C=O) groups excluding carboxylic acids is 2. The van der Waals surface area contributed by atoms with Crippen molar-refractivity contribution in [2.24, 2.45) is 0 Å². The zero-order valence-electron chi connectivity index (χ0n) is 35.1. The first-order valence-corrected chi connectivity index (χ1v) is 20.1. The molecule has 0 aliphatic rings. The van der Waals surface area contributed by atoms with E-state index in [1.807, 2.05) is 91.9 Å². The number of hydrogen-bond donors (Lipinski definition) is 2. The number of nitrogens with zero attached hydrogens (tertiary/aromatic N) is 6. The molecule has 0 saturated carbocycles. The highest BCUT2D eigenvalue weighted by molar-refractivity contribution is 5.96. The minimum atomic E-state index is -0.623. The van der Waals surface area contributed by atoms with Gasteiger partial charge in [0.05, 0.1) is 30.9 Å². The monoisotopic (exact) mass is 844 g/mol. The average molecular weight is 845 g/mol. The van der Waals surface area contributed by atoms with Crippen molar-refractivity contribution in [3.05, 3.63) is 183 Å². The average Bonchev–Trinajstić information content (AvgIpc) is 3.31. The van der Waals surface area contributed by atoms with E-state index in [9.17, 15) is 19.2 Å². The molecular weight excluding hydrogens is 801 g/mol. The van der Waals surface area contributed by atoms with E-state index in [1.54, 1.807) is 57.9 Å². The maximum Gasteiger partial charge on any atom is 0.359 e. The van der Waals surface area contributed by atoms with Crippen molar-refractivity contribution in [1.82, 2.24) is 29.5 Å². The minimum Gasteiger partial charge on any atom is -0.497 e. The SMILES string of the molecule is CCn1nc(C(=O)OCc2ccc(OC)cc2)cc(Nc2cncc3ccccc23)c1=O.CCn1nc(C(=O)OCc2cccc(C)c2)cc(Nc2cncc3ccccc23)c1=O. The first-order chi connectivity index (χ1) is 30.6. The second-order valence-electron chi connectivity index (χ2n) is 14.2. The van der Waals surface area contributed by atoms with E-state index >= 15 is 0 Å². The van der Waals surface area contributed by atoms with Crippen molar-refractivity contribution in [2.75, 3.05) is 17.7 Å². The summed E-state index contributed by atoms with van der Waals surface area (Å²) in [5.41, 5.74) is 3.99. The van der Waals surface area contributed by atoms with Crippen molar-refractivity contribution in [1.29, 1.82) is 0 Å². The fraction of sp³-hybridized carbons (Fsp3) is 0.167. The van der Waals surface area contributed by atoms with Crippen LogP contribution < -0.4 is 26.5 Å². The number of fused-ring (bicyclic) bond motifs is 2. The first kappa shape index (κ1) is 42.9. The molecule has 63 heavy (non-hydrogen) atoms. The van der Waals surface area contributed by atoms with E-state index in [0.717, 1.165) is 44.0 Å². The Labute approximate surface area is 361 Å². The topological polar surface area (TPSA) is 181 Å². The number of anilines is 4. The van der Waals surface area contributed by atoms with Crippen LogP contribution in [-0.2, 0) is 35.8 Å². The number of carbonyl (C=O) groups is 2. The first-order valence-electron chi connectivity index (χ1n) is 20.1. The lowest BCUT2D eigenvalue weighted by atomic mass is 10.1. The molecule has 15 nitrogen and oxygen atoms in total. The fourth-order valence-corrected chi connectivity index (χ4v) is 6.58. The van der Waals surface area contributed by atoms with Crippen molar-refractivity contribution in [3.63, 3.8) is 0 Å². The third-order valence-corrected chi connectivity index (χ3v) is 9.82. The zero-order valence-corrected chi connectivity index (χ0v) is 35.1. The highest BCUT2D eigenvalue weighted by Gasteiger charge is 2.18. The largest absolute Gasteiger partial charge is 0.497 e. The lowest BCUT2D eigenvalue weighted by molar-refractivity contribution is 0.0454. The second kappa shape index (κ2) is 19.9. The van der Waals surface area contributed by atoms with Gasteiger partial charge < -0.3 is 24.8 Å². The molecule has 4 heterocycles. The number of nitrogens with one attached hydrogen (secondary N) is 2. The van der Waals surface area contributed by atoms with Crippen molar-refractivity contribution in [3.8, 4) is 5.75 Å². The molecule has 0 amide bonds. The molecule has 4 aromatic carbocycles. The Morgan fingerprint density at radius 1 is 0.571 bits per heavy atom. The van der Waals surface area contributed by atoms with Gasteiger partial charge in [-0.2, -0.15) is 10.2 Å². The number of rotatable bonds is 13. The zero-order chi connectivity index (χ0) is 44.3. The molecule has 0 spiro atoms. The number of aromatic nitrogens is 6. The molecule has 8 rings (SSSR count). The summed E-state index contributed by atoms with van der Waals surface area (Å²) in [5.74, 6) is -0.500. The molecular formula is C48H44N8O7. The summed E-state index contributed by atoms with van der Waals surface area (Å²) in [6.07, 6.45) is 6.79. The quantitative estimate of drug-likeness (QED) is 0.106. The van der Waals surface area contributed by atoms with Gasteiger partial charge in [-0.25, -0.2) is 19.0 Å². The van der Waals surface area contributed by atoms with Crippen LogP contribution in [0.5, 0.6) is 5.75 Å². The molecule has 0 unspecified atom stereocenters. The van der Waals surface area contributed by atoms with Gasteiger partial charge in [-0.15, -0.1) is 0 Å². The van der Waals surface area contributed by atoms with E-state index in [-0.39, 0.29) is 47.1 Å². The van der Waals surface area contributed by atoms with Crippen LogP contribution in [0.15, 0.2) is 144 Å². The number of methoxy groups -OCH3 is 1. The summed E-state index contributed by atoms with van der Waals surface area (Å²) in [5, 5.41) is 18.2. The summed E-state index contributed by atoms with van der Waals surface area (Å²) < 4.78 is 18.4. The number of esters is 2. The lowest BCUT2D eigenvalue weighted by Gasteiger charge is -2.12. The Hall–Kier alpha value is -8.20. The van der Waals surface area contributed by atoms with Gasteiger partial charge in [-0.1, -0.05) is 90.5 Å². The van der Waals surface area contributed by atoms with E-state index < -0.39 is 11.9 Å². The Kier molecular flexibility index (Phi) is 13.6. The van der Waals surface area contributed by atoms with Crippen LogP contribution in [0.25, 0.3) is 21.5 Å². The third-order valence-electron chi connectivity index (χ3n) is 9.82. The molecule has 8 aromatic rings. The smallest absolute Gasteiger partial charge is 0.359 e. The number of hydrogen-bond acceptors (Lipinski definition) is 13. The summed E-state index contributed by atoms with van der Waals surface area (Å²) in [6.45, 7) is 6.38. The third kappa shape index (κ3) is 10.4. The molecule has 2 N–H and O–H groups in total. The van der Waals surface area contributed by atoms with Crippen LogP contribution in [-0.4, -0.2) is 48.6 Å². The highest BCUT2D eigenvalue weighted by Crippen LogP contribution is 2.26. The minimum absolute atomic E-state index is 0.0376. The molecule has 0 radical (unpaired) electrons. The van der Waals surface area contributed by atoms with Gasteiger partial charge in [0.2, 0.25) is 0 Å². The molecule has 0 atom stereocenters. The number of pyridine rings is 2. The standard InChI is InChI=1S/C24H22N4O4.C24H22N4O3/c1-3-28-23(29)20(26-22-14-25-13-17-6-4-5-7-19(17)22)12-21(27-28)24(30)32-15-16-8-10-18(31-2)11-9-16;1-3-28-23(29)20(26-22-14-25-13-18-9-4-5-10-19(18)22)12-21(27-28)24(30)31-15-17-8-6-7-16(2)11-17/h4-14,26H,3,15H2,1-2H3;4-14,26H,3,15H2,1-2H3. The van der Waals surface area contributed by atoms with E-state index in [4.69, 9.17) is 14.2 Å². The summed E-state index contributed by atoms with van der Waals surface area (Å²) in [6, 6.07) is 33.2. The van der Waals surface area contributed by atoms with Crippen molar-refractivity contribution >= 4 is 56.2 Å². The van der Waals surface area contributed by atoms with Crippen LogP contribution in [0.4, 0.5) is 22.7 Å². The molecule has 0 aliphatic carbocycles. The van der Waals surface area contributed by atoms with E-state index in [2.05, 4.69) is 30.8 Å². The van der Waals surface area contributed by atoms with Crippen molar-refractivity contribution in [2.45, 2.75) is 47.1 Å². The van der Waals surface area contributed by atoms with Gasteiger partial charge in [0.1, 0.15) is 30.3 Å². The summed E-state index contributed by atoms with van der Waals surface area (Å²) >= 11 is 0. The normalized spacial score (nSPS) is 10.7. The number of ether oxygens (including phenoxy) is 3. The predicted octanol–water partition coefficient (Wildman–Crippen LogP) is 8.14. The molecule has 15 heteroatoms. The number of aryl methyl sites for hydroxylation is 3. The molecule has 0 fully saturated rings. The molecule has 0 saturated heterocycles. The predicted molar refractivity (Wildman–Crippen MR) is 241 cm³/mol. The molecule has 318 valence electrons. The van der Waals surface area contributed by atoms with Crippen LogP contribution in [0.3, 0.4) is 0 Å². The molecule has 4 aromatic heterocycles. The van der Waals surface area contributed by atoms with Crippen LogP contribution in [0, 0.1) is 6.92 Å². The molecule has 0 bridgehead atoms. The van der Waals surface area contributed by atoms with Gasteiger partial charge in [-0.05, 0) is 44.0 Å². The summed E-state index contributed by atoms with van der Waals surface area (Å²) in [7, 11) is 1.59. The highest BCUT2D eigenvalue weighted by atomic mass is 16.5. The van der Waals surface area contributed by atoms with Crippen LogP contribution in [0.1, 0.15) is 51.5 Å². The van der Waals surface area contributed by atoms with Gasteiger partial charge in [0.15, 0.2) is 11.4 Å². The van der Waals surface area contributed by atoms with Gasteiger partial charge in [0.25, 0.3) is 11.1 Å². The fourth-order valence-electron chi connectivity index (χ4n) is 6.58. The lowest BCUT2D eigenvalue weighted by Crippen LogP contribution is -2.27. The van der Waals surface area contributed by atoms with Crippen molar-refractivity contribution < 1.29 is 23.8 Å². The Balaban J connectivity index is 0.000000189.